The average molecular weight is 317 g/mol. The van der Waals surface area contributed by atoms with E-state index in [0.717, 1.165) is 12.8 Å². The first-order chi connectivity index (χ1) is 9.77. The summed E-state index contributed by atoms with van der Waals surface area (Å²) in [6.45, 7) is 1.96. The quantitative estimate of drug-likeness (QED) is 0.812. The van der Waals surface area contributed by atoms with Crippen LogP contribution in [0.2, 0.25) is 0 Å². The average Bonchev–Trinajstić information content (AvgIpc) is 2.37. The zero-order chi connectivity index (χ0) is 15.7. The fourth-order valence-corrected chi connectivity index (χ4v) is 5.28. The molecule has 21 heavy (non-hydrogen) atoms. The van der Waals surface area contributed by atoms with Crippen LogP contribution in [0.4, 0.5) is 0 Å². The number of nitrogens with one attached hydrogen (secondary N) is 1. The Kier molecular flexibility index (Phi) is 4.60. The lowest BCUT2D eigenvalue weighted by molar-refractivity contribution is -0.150. The van der Waals surface area contributed by atoms with E-state index in [0.29, 0.717) is 32.1 Å². The van der Waals surface area contributed by atoms with Gasteiger partial charge >= 0.3 is 5.97 Å². The van der Waals surface area contributed by atoms with Gasteiger partial charge in [-0.25, -0.2) is 13.2 Å². The second-order valence-corrected chi connectivity index (χ2v) is 8.73. The highest BCUT2D eigenvalue weighted by atomic mass is 32.2. The van der Waals surface area contributed by atoms with Gasteiger partial charge in [0.2, 0.25) is 5.91 Å². The molecule has 2 aliphatic rings. The molecule has 1 aliphatic carbocycles. The van der Waals surface area contributed by atoms with Crippen molar-refractivity contribution in [3.05, 3.63) is 0 Å². The standard InChI is InChI=1S/C14H23NO5S/c1-10-5-4-7-14(9-10,13(17)18)15-12(16)11-6-2-3-8-21(11,19)20/h10-11H,2-9H2,1H3,(H,15,16)(H,17,18). The summed E-state index contributed by atoms with van der Waals surface area (Å²) < 4.78 is 24.0. The highest BCUT2D eigenvalue weighted by Crippen LogP contribution is 2.33. The molecule has 120 valence electrons. The smallest absolute Gasteiger partial charge is 0.329 e. The topological polar surface area (TPSA) is 101 Å². The number of hydrogen-bond donors (Lipinski definition) is 2. The molecule has 0 radical (unpaired) electrons. The molecular weight excluding hydrogens is 294 g/mol. The number of carboxylic acid groups (broad SMARTS) is 1. The van der Waals surface area contributed by atoms with Gasteiger partial charge in [-0.05, 0) is 31.6 Å². The van der Waals surface area contributed by atoms with Crippen molar-refractivity contribution in [2.75, 3.05) is 5.75 Å². The SMILES string of the molecule is CC1CCCC(NC(=O)C2CCCCS2(=O)=O)(C(=O)O)C1. The lowest BCUT2D eigenvalue weighted by Gasteiger charge is -2.38. The molecule has 1 heterocycles. The number of aliphatic carboxylic acids is 1. The lowest BCUT2D eigenvalue weighted by Crippen LogP contribution is -2.60. The molecule has 0 bridgehead atoms. The fourth-order valence-electron chi connectivity index (χ4n) is 3.48. The van der Waals surface area contributed by atoms with E-state index < -0.39 is 32.5 Å². The number of amides is 1. The summed E-state index contributed by atoms with van der Waals surface area (Å²) in [5.41, 5.74) is -1.30. The highest BCUT2D eigenvalue weighted by Gasteiger charge is 2.46. The number of hydrogen-bond acceptors (Lipinski definition) is 4. The highest BCUT2D eigenvalue weighted by molar-refractivity contribution is 7.92. The minimum atomic E-state index is -3.44. The van der Waals surface area contributed by atoms with Crippen LogP contribution in [0.1, 0.15) is 51.9 Å². The number of carbonyl (C=O) groups is 2. The molecule has 1 amide bonds. The third-order valence-corrected chi connectivity index (χ3v) is 6.81. The van der Waals surface area contributed by atoms with Gasteiger partial charge in [-0.3, -0.25) is 4.79 Å². The van der Waals surface area contributed by atoms with Crippen molar-refractivity contribution in [2.24, 2.45) is 5.92 Å². The number of carbonyl (C=O) groups excluding carboxylic acids is 1. The summed E-state index contributed by atoms with van der Waals surface area (Å²) in [5.74, 6) is -1.47. The third kappa shape index (κ3) is 3.39. The maximum absolute atomic E-state index is 12.3. The number of carboxylic acids is 1. The van der Waals surface area contributed by atoms with Gasteiger partial charge in [-0.15, -0.1) is 0 Å². The summed E-state index contributed by atoms with van der Waals surface area (Å²) >= 11 is 0. The van der Waals surface area contributed by atoms with Gasteiger partial charge in [0.25, 0.3) is 0 Å². The molecule has 0 spiro atoms. The summed E-state index contributed by atoms with van der Waals surface area (Å²) in [6, 6.07) is 0. The van der Waals surface area contributed by atoms with Gasteiger partial charge in [-0.1, -0.05) is 26.2 Å². The number of sulfone groups is 1. The lowest BCUT2D eigenvalue weighted by atomic mass is 9.76. The maximum Gasteiger partial charge on any atom is 0.329 e. The van der Waals surface area contributed by atoms with Crippen LogP contribution in [-0.4, -0.2) is 41.9 Å². The molecule has 2 N–H and O–H groups in total. The van der Waals surface area contributed by atoms with E-state index in [4.69, 9.17) is 0 Å². The van der Waals surface area contributed by atoms with Crippen molar-refractivity contribution >= 4 is 21.7 Å². The summed E-state index contributed by atoms with van der Waals surface area (Å²) in [4.78, 5) is 24.0. The largest absolute Gasteiger partial charge is 0.480 e. The predicted octanol–water partition coefficient (Wildman–Crippen LogP) is 1.10. The number of rotatable bonds is 3. The van der Waals surface area contributed by atoms with Gasteiger partial charge < -0.3 is 10.4 Å². The summed E-state index contributed by atoms with van der Waals surface area (Å²) in [7, 11) is -3.44. The van der Waals surface area contributed by atoms with Crippen molar-refractivity contribution in [1.29, 1.82) is 0 Å². The van der Waals surface area contributed by atoms with E-state index in [1.54, 1.807) is 0 Å². The minimum absolute atomic E-state index is 0.0154. The first-order valence-corrected chi connectivity index (χ1v) is 9.25. The Morgan fingerprint density at radius 2 is 1.90 bits per heavy atom. The van der Waals surface area contributed by atoms with Crippen LogP contribution in [0.3, 0.4) is 0 Å². The van der Waals surface area contributed by atoms with Gasteiger partial charge in [-0.2, -0.15) is 0 Å². The van der Waals surface area contributed by atoms with Crippen LogP contribution in [0.5, 0.6) is 0 Å². The molecule has 2 fully saturated rings. The summed E-state index contributed by atoms with van der Waals surface area (Å²) in [6.07, 6.45) is 3.95. The second-order valence-electron chi connectivity index (χ2n) is 6.43. The van der Waals surface area contributed by atoms with Crippen LogP contribution in [-0.2, 0) is 19.4 Å². The molecule has 1 aliphatic heterocycles. The molecule has 1 saturated carbocycles. The van der Waals surface area contributed by atoms with E-state index in [-0.39, 0.29) is 11.7 Å². The van der Waals surface area contributed by atoms with Crippen molar-refractivity contribution < 1.29 is 23.1 Å². The van der Waals surface area contributed by atoms with E-state index in [1.807, 2.05) is 6.92 Å². The van der Waals surface area contributed by atoms with Crippen LogP contribution in [0.15, 0.2) is 0 Å². The van der Waals surface area contributed by atoms with Gasteiger partial charge in [0.15, 0.2) is 9.84 Å². The van der Waals surface area contributed by atoms with Crippen LogP contribution >= 0.6 is 0 Å². The zero-order valence-corrected chi connectivity index (χ0v) is 13.1. The Labute approximate surface area is 125 Å². The Morgan fingerprint density at radius 3 is 2.48 bits per heavy atom. The van der Waals surface area contributed by atoms with Gasteiger partial charge in [0, 0.05) is 0 Å². The van der Waals surface area contributed by atoms with Crippen LogP contribution < -0.4 is 5.32 Å². The molecule has 1 saturated heterocycles. The Bertz CT molecular complexity index is 529. The van der Waals surface area contributed by atoms with Crippen molar-refractivity contribution in [3.8, 4) is 0 Å². The zero-order valence-electron chi connectivity index (χ0n) is 12.3. The van der Waals surface area contributed by atoms with E-state index in [9.17, 15) is 23.1 Å². The molecule has 3 unspecified atom stereocenters. The molecule has 0 aromatic rings. The van der Waals surface area contributed by atoms with Gasteiger partial charge in [0.1, 0.15) is 10.8 Å². The van der Waals surface area contributed by atoms with Gasteiger partial charge in [0.05, 0.1) is 5.75 Å². The van der Waals surface area contributed by atoms with E-state index in [1.165, 1.54) is 0 Å². The first-order valence-electron chi connectivity index (χ1n) is 7.54. The summed E-state index contributed by atoms with van der Waals surface area (Å²) in [5, 5.41) is 11.0. The fraction of sp³-hybridized carbons (Fsp3) is 0.857. The Balaban J connectivity index is 2.17. The van der Waals surface area contributed by atoms with E-state index in [2.05, 4.69) is 5.32 Å². The monoisotopic (exact) mass is 317 g/mol. The Morgan fingerprint density at radius 1 is 1.19 bits per heavy atom. The molecule has 2 rings (SSSR count). The predicted molar refractivity (Wildman–Crippen MR) is 77.6 cm³/mol. The van der Waals surface area contributed by atoms with Crippen molar-refractivity contribution in [3.63, 3.8) is 0 Å². The molecule has 3 atom stereocenters. The third-order valence-electron chi connectivity index (χ3n) is 4.64. The van der Waals surface area contributed by atoms with Crippen molar-refractivity contribution in [1.82, 2.24) is 5.32 Å². The van der Waals surface area contributed by atoms with Crippen LogP contribution in [0, 0.1) is 5.92 Å². The first kappa shape index (κ1) is 16.3. The molecular formula is C14H23NO5S. The second kappa shape index (κ2) is 5.94. The molecule has 6 nitrogen and oxygen atoms in total. The van der Waals surface area contributed by atoms with Crippen molar-refractivity contribution in [2.45, 2.75) is 62.7 Å². The Hall–Kier alpha value is -1.11. The maximum atomic E-state index is 12.3. The minimum Gasteiger partial charge on any atom is -0.480 e. The molecule has 0 aromatic heterocycles. The molecule has 0 aromatic carbocycles. The normalized spacial score (nSPS) is 35.9. The van der Waals surface area contributed by atoms with E-state index >= 15 is 0 Å². The van der Waals surface area contributed by atoms with Crippen LogP contribution in [0.25, 0.3) is 0 Å². The molecule has 7 heteroatoms.